The average molecular weight is 356 g/mol. The van der Waals surface area contributed by atoms with E-state index in [0.29, 0.717) is 17.6 Å². The first-order valence-corrected chi connectivity index (χ1v) is 8.79. The lowest BCUT2D eigenvalue weighted by Gasteiger charge is -2.14. The van der Waals surface area contributed by atoms with Crippen LogP contribution in [0.15, 0.2) is 78.0 Å². The van der Waals surface area contributed by atoms with E-state index in [2.05, 4.69) is 51.3 Å². The van der Waals surface area contributed by atoms with Gasteiger partial charge in [-0.1, -0.05) is 30.3 Å². The number of hydrogen-bond acceptors (Lipinski definition) is 4. The normalized spacial score (nSPS) is 10.9. The molecule has 2 aromatic heterocycles. The van der Waals surface area contributed by atoms with Gasteiger partial charge >= 0.3 is 0 Å². The van der Waals surface area contributed by atoms with E-state index in [-0.39, 0.29) is 5.56 Å². The number of aromatic nitrogens is 3. The van der Waals surface area contributed by atoms with Gasteiger partial charge in [0.1, 0.15) is 6.33 Å². The van der Waals surface area contributed by atoms with Crippen LogP contribution in [0.4, 0.5) is 5.69 Å². The molecule has 0 radical (unpaired) electrons. The Hall–Kier alpha value is -3.47. The lowest BCUT2D eigenvalue weighted by Crippen LogP contribution is -2.21. The van der Waals surface area contributed by atoms with E-state index >= 15 is 0 Å². The first kappa shape index (κ1) is 17.0. The standard InChI is InChI=1S/C22H20N4O/c1-25(2)19-9-4-8-18(13-19)17-7-3-6-16(12-17)14-26-15-24-21-20(22(26)27)10-5-11-23-21/h3-13,15H,14H2,1-2H3. The second kappa shape index (κ2) is 7.03. The van der Waals surface area contributed by atoms with Crippen molar-refractivity contribution in [1.29, 1.82) is 0 Å². The van der Waals surface area contributed by atoms with Crippen molar-refractivity contribution in [3.63, 3.8) is 0 Å². The summed E-state index contributed by atoms with van der Waals surface area (Å²) >= 11 is 0. The number of rotatable bonds is 4. The van der Waals surface area contributed by atoms with Crippen LogP contribution < -0.4 is 10.5 Å². The summed E-state index contributed by atoms with van der Waals surface area (Å²) in [6, 6.07) is 20.2. The van der Waals surface area contributed by atoms with E-state index < -0.39 is 0 Å². The molecular weight excluding hydrogens is 336 g/mol. The largest absolute Gasteiger partial charge is 0.378 e. The molecule has 5 heteroatoms. The summed E-state index contributed by atoms with van der Waals surface area (Å²) < 4.78 is 1.62. The lowest BCUT2D eigenvalue weighted by molar-refractivity contribution is 0.747. The van der Waals surface area contributed by atoms with Gasteiger partial charge in [-0.3, -0.25) is 9.36 Å². The summed E-state index contributed by atoms with van der Waals surface area (Å²) in [6.45, 7) is 0.470. The van der Waals surface area contributed by atoms with Crippen LogP contribution >= 0.6 is 0 Å². The van der Waals surface area contributed by atoms with E-state index in [1.807, 2.05) is 26.2 Å². The Morgan fingerprint density at radius 1 is 0.926 bits per heavy atom. The molecule has 0 saturated carbocycles. The summed E-state index contributed by atoms with van der Waals surface area (Å²) in [6.07, 6.45) is 3.21. The second-order valence-electron chi connectivity index (χ2n) is 6.70. The Labute approximate surface area is 157 Å². The minimum Gasteiger partial charge on any atom is -0.378 e. The molecule has 0 aliphatic rings. The molecule has 0 unspecified atom stereocenters. The zero-order valence-electron chi connectivity index (χ0n) is 15.3. The maximum Gasteiger partial charge on any atom is 0.263 e. The van der Waals surface area contributed by atoms with Crippen molar-refractivity contribution >= 4 is 16.7 Å². The highest BCUT2D eigenvalue weighted by Crippen LogP contribution is 2.24. The molecule has 0 fully saturated rings. The Bertz CT molecular complexity index is 1160. The van der Waals surface area contributed by atoms with Crippen LogP contribution in [0.25, 0.3) is 22.2 Å². The molecule has 0 aliphatic heterocycles. The number of anilines is 1. The van der Waals surface area contributed by atoms with Gasteiger partial charge in [0.15, 0.2) is 5.65 Å². The first-order valence-electron chi connectivity index (χ1n) is 8.79. The Morgan fingerprint density at radius 3 is 2.52 bits per heavy atom. The molecule has 27 heavy (non-hydrogen) atoms. The average Bonchev–Trinajstić information content (AvgIpc) is 2.71. The van der Waals surface area contributed by atoms with Gasteiger partial charge in [-0.05, 0) is 47.0 Å². The van der Waals surface area contributed by atoms with Gasteiger partial charge < -0.3 is 4.90 Å². The number of benzene rings is 2. The van der Waals surface area contributed by atoms with E-state index in [1.165, 1.54) is 0 Å². The lowest BCUT2D eigenvalue weighted by atomic mass is 10.0. The topological polar surface area (TPSA) is 51.0 Å². The summed E-state index contributed by atoms with van der Waals surface area (Å²) in [5.41, 5.74) is 4.88. The molecule has 0 spiro atoms. The highest BCUT2D eigenvalue weighted by molar-refractivity contribution is 5.72. The maximum atomic E-state index is 12.7. The molecule has 2 aromatic carbocycles. The molecule has 0 aliphatic carbocycles. The molecular formula is C22H20N4O. The first-order chi connectivity index (χ1) is 13.1. The van der Waals surface area contributed by atoms with Crippen molar-refractivity contribution in [1.82, 2.24) is 14.5 Å². The van der Waals surface area contributed by atoms with E-state index in [0.717, 1.165) is 22.4 Å². The van der Waals surface area contributed by atoms with Gasteiger partial charge in [-0.25, -0.2) is 9.97 Å². The van der Waals surface area contributed by atoms with Crippen molar-refractivity contribution in [2.24, 2.45) is 0 Å². The van der Waals surface area contributed by atoms with Crippen LogP contribution in [0.1, 0.15) is 5.56 Å². The van der Waals surface area contributed by atoms with E-state index in [4.69, 9.17) is 0 Å². The van der Waals surface area contributed by atoms with Gasteiger partial charge in [0.25, 0.3) is 5.56 Å². The van der Waals surface area contributed by atoms with Crippen molar-refractivity contribution in [3.05, 3.63) is 89.1 Å². The molecule has 0 atom stereocenters. The van der Waals surface area contributed by atoms with Crippen LogP contribution in [0.2, 0.25) is 0 Å². The van der Waals surface area contributed by atoms with Gasteiger partial charge in [-0.15, -0.1) is 0 Å². The van der Waals surface area contributed by atoms with Crippen LogP contribution in [0.3, 0.4) is 0 Å². The third-order valence-corrected chi connectivity index (χ3v) is 4.57. The van der Waals surface area contributed by atoms with Crippen LogP contribution in [-0.2, 0) is 6.54 Å². The Morgan fingerprint density at radius 2 is 1.70 bits per heavy atom. The third-order valence-electron chi connectivity index (χ3n) is 4.57. The Kier molecular flexibility index (Phi) is 4.42. The fraction of sp³-hybridized carbons (Fsp3) is 0.136. The minimum atomic E-state index is -0.0758. The van der Waals surface area contributed by atoms with Gasteiger partial charge in [0.2, 0.25) is 0 Å². The van der Waals surface area contributed by atoms with Gasteiger partial charge in [0.05, 0.1) is 11.9 Å². The van der Waals surface area contributed by atoms with Gasteiger partial charge in [0, 0.05) is 26.0 Å². The maximum absolute atomic E-state index is 12.7. The highest BCUT2D eigenvalue weighted by atomic mass is 16.1. The molecule has 0 N–H and O–H groups in total. The van der Waals surface area contributed by atoms with Crippen LogP contribution in [-0.4, -0.2) is 28.6 Å². The second-order valence-corrected chi connectivity index (χ2v) is 6.70. The summed E-state index contributed by atoms with van der Waals surface area (Å²) in [5.74, 6) is 0. The zero-order chi connectivity index (χ0) is 18.8. The molecule has 4 aromatic rings. The Balaban J connectivity index is 1.69. The van der Waals surface area contributed by atoms with E-state index in [9.17, 15) is 4.79 Å². The van der Waals surface area contributed by atoms with Gasteiger partial charge in [-0.2, -0.15) is 0 Å². The number of pyridine rings is 1. The monoisotopic (exact) mass is 356 g/mol. The summed E-state index contributed by atoms with van der Waals surface area (Å²) in [7, 11) is 4.06. The number of fused-ring (bicyclic) bond motifs is 1. The van der Waals surface area contributed by atoms with Crippen LogP contribution in [0.5, 0.6) is 0 Å². The predicted molar refractivity (Wildman–Crippen MR) is 109 cm³/mol. The van der Waals surface area contributed by atoms with Crippen molar-refractivity contribution < 1.29 is 0 Å². The zero-order valence-corrected chi connectivity index (χ0v) is 15.3. The summed E-state index contributed by atoms with van der Waals surface area (Å²) in [5, 5.41) is 0.537. The molecule has 0 amide bonds. The SMILES string of the molecule is CN(C)c1cccc(-c2cccc(Cn3cnc4ncccc4c3=O)c2)c1. The van der Waals surface area contributed by atoms with Crippen LogP contribution in [0, 0.1) is 0 Å². The fourth-order valence-corrected chi connectivity index (χ4v) is 3.12. The molecule has 4 rings (SSSR count). The quantitative estimate of drug-likeness (QED) is 0.561. The summed E-state index contributed by atoms with van der Waals surface area (Å²) in [4.78, 5) is 23.2. The van der Waals surface area contributed by atoms with Crippen molar-refractivity contribution in [2.45, 2.75) is 6.54 Å². The fourth-order valence-electron chi connectivity index (χ4n) is 3.12. The van der Waals surface area contributed by atoms with E-state index in [1.54, 1.807) is 29.2 Å². The molecule has 2 heterocycles. The number of hydrogen-bond donors (Lipinski definition) is 0. The molecule has 134 valence electrons. The number of nitrogens with zero attached hydrogens (tertiary/aromatic N) is 4. The minimum absolute atomic E-state index is 0.0758. The molecule has 0 bridgehead atoms. The van der Waals surface area contributed by atoms with Crippen molar-refractivity contribution in [2.75, 3.05) is 19.0 Å². The molecule has 0 saturated heterocycles. The smallest absolute Gasteiger partial charge is 0.263 e. The molecule has 5 nitrogen and oxygen atoms in total. The van der Waals surface area contributed by atoms with Crippen molar-refractivity contribution in [3.8, 4) is 11.1 Å². The highest BCUT2D eigenvalue weighted by Gasteiger charge is 2.06. The third kappa shape index (κ3) is 3.44. The predicted octanol–water partition coefficient (Wildman–Crippen LogP) is 3.57.